The molecule has 2 amide bonds. The highest BCUT2D eigenvalue weighted by Gasteiger charge is 2.59. The van der Waals surface area contributed by atoms with Gasteiger partial charge in [0.15, 0.2) is 4.87 Å². The van der Waals surface area contributed by atoms with Gasteiger partial charge in [-0.25, -0.2) is 8.78 Å². The largest absolute Gasteiger partial charge is 0.497 e. The van der Waals surface area contributed by atoms with E-state index in [-0.39, 0.29) is 23.8 Å². The molecule has 5 rings (SSSR count). The first-order valence-electron chi connectivity index (χ1n) is 10.4. The van der Waals surface area contributed by atoms with Gasteiger partial charge in [0.25, 0.3) is 11.8 Å². The van der Waals surface area contributed by atoms with Gasteiger partial charge < -0.3 is 14.5 Å². The summed E-state index contributed by atoms with van der Waals surface area (Å²) >= 11 is 1.37. The SMILES string of the molecule is COc1ccc2c(c1)C1(SCCN1C(=O)c1cccc(F)c1)C(=O)N2Cc1cccc(F)c1. The summed E-state index contributed by atoms with van der Waals surface area (Å²) in [4.78, 5) is 29.2. The van der Waals surface area contributed by atoms with Gasteiger partial charge in [-0.1, -0.05) is 18.2 Å². The average molecular weight is 467 g/mol. The summed E-state index contributed by atoms with van der Waals surface area (Å²) in [5, 5.41) is 0. The van der Waals surface area contributed by atoms with Gasteiger partial charge in [0.05, 0.1) is 19.3 Å². The Morgan fingerprint density at radius 3 is 2.55 bits per heavy atom. The normalized spacial score (nSPS) is 19.3. The highest BCUT2D eigenvalue weighted by molar-refractivity contribution is 8.01. The third-order valence-electron chi connectivity index (χ3n) is 5.95. The number of hydrogen-bond donors (Lipinski definition) is 0. The van der Waals surface area contributed by atoms with E-state index >= 15 is 0 Å². The fourth-order valence-electron chi connectivity index (χ4n) is 4.47. The van der Waals surface area contributed by atoms with Gasteiger partial charge in [0, 0.05) is 23.4 Å². The number of benzene rings is 3. The number of thioether (sulfide) groups is 1. The molecule has 3 aromatic rings. The van der Waals surface area contributed by atoms with Crippen molar-refractivity contribution in [2.24, 2.45) is 0 Å². The number of halogens is 2. The average Bonchev–Trinajstić information content (AvgIpc) is 3.35. The number of amides is 2. The highest BCUT2D eigenvalue weighted by atomic mass is 32.2. The predicted molar refractivity (Wildman–Crippen MR) is 122 cm³/mol. The Kier molecular flexibility index (Phi) is 5.32. The molecule has 1 spiro atoms. The molecule has 0 N–H and O–H groups in total. The van der Waals surface area contributed by atoms with Crippen LogP contribution in [0.4, 0.5) is 14.5 Å². The number of ether oxygens (including phenoxy) is 1. The van der Waals surface area contributed by atoms with Crippen LogP contribution in [0, 0.1) is 11.6 Å². The summed E-state index contributed by atoms with van der Waals surface area (Å²) < 4.78 is 33.0. The lowest BCUT2D eigenvalue weighted by atomic mass is 10.0. The number of methoxy groups -OCH3 is 1. The van der Waals surface area contributed by atoms with Crippen LogP contribution in [0.2, 0.25) is 0 Å². The van der Waals surface area contributed by atoms with Gasteiger partial charge >= 0.3 is 0 Å². The van der Waals surface area contributed by atoms with Crippen LogP contribution in [0.25, 0.3) is 0 Å². The minimum atomic E-state index is -1.30. The fraction of sp³-hybridized carbons (Fsp3) is 0.200. The Balaban J connectivity index is 1.62. The summed E-state index contributed by atoms with van der Waals surface area (Å²) in [5.74, 6) is -0.524. The Hall–Kier alpha value is -3.39. The summed E-state index contributed by atoms with van der Waals surface area (Å²) in [7, 11) is 1.53. The first-order chi connectivity index (χ1) is 15.9. The molecule has 0 bridgehead atoms. The molecule has 1 atom stereocenters. The number of anilines is 1. The molecule has 8 heteroatoms. The Bertz CT molecular complexity index is 1270. The Morgan fingerprint density at radius 1 is 1.06 bits per heavy atom. The van der Waals surface area contributed by atoms with E-state index in [1.807, 2.05) is 0 Å². The molecule has 3 aromatic carbocycles. The van der Waals surface area contributed by atoms with Crippen LogP contribution in [-0.2, 0) is 16.2 Å². The number of rotatable bonds is 4. The minimum Gasteiger partial charge on any atom is -0.497 e. The number of carbonyl (C=O) groups excluding carboxylic acids is 2. The van der Waals surface area contributed by atoms with E-state index in [0.717, 1.165) is 0 Å². The van der Waals surface area contributed by atoms with Gasteiger partial charge in [0.1, 0.15) is 17.4 Å². The molecular formula is C25H20F2N2O3S. The Labute approximate surface area is 193 Å². The lowest BCUT2D eigenvalue weighted by Crippen LogP contribution is -2.50. The van der Waals surface area contributed by atoms with Crippen LogP contribution in [0.5, 0.6) is 5.75 Å². The first kappa shape index (κ1) is 21.5. The maximum absolute atomic E-state index is 14.0. The number of nitrogens with zero attached hydrogens (tertiary/aromatic N) is 2. The van der Waals surface area contributed by atoms with Crippen molar-refractivity contribution in [3.63, 3.8) is 0 Å². The molecule has 2 aliphatic heterocycles. The van der Waals surface area contributed by atoms with Gasteiger partial charge in [-0.3, -0.25) is 9.59 Å². The van der Waals surface area contributed by atoms with Crippen molar-refractivity contribution in [2.75, 3.05) is 24.3 Å². The molecule has 168 valence electrons. The van der Waals surface area contributed by atoms with Crippen molar-refractivity contribution in [1.82, 2.24) is 4.90 Å². The quantitative estimate of drug-likeness (QED) is 0.566. The van der Waals surface area contributed by atoms with E-state index in [1.165, 1.54) is 54.1 Å². The number of carbonyl (C=O) groups is 2. The lowest BCUT2D eigenvalue weighted by molar-refractivity contribution is -0.123. The van der Waals surface area contributed by atoms with Crippen LogP contribution < -0.4 is 9.64 Å². The van der Waals surface area contributed by atoms with Crippen LogP contribution in [0.3, 0.4) is 0 Å². The van der Waals surface area contributed by atoms with Crippen molar-refractivity contribution in [3.8, 4) is 5.75 Å². The summed E-state index contributed by atoms with van der Waals surface area (Å²) in [6.07, 6.45) is 0. The molecule has 2 heterocycles. The van der Waals surface area contributed by atoms with Gasteiger partial charge in [-0.05, 0) is 54.1 Å². The second-order valence-electron chi connectivity index (χ2n) is 7.86. The number of hydrogen-bond acceptors (Lipinski definition) is 4. The third kappa shape index (κ3) is 3.45. The molecule has 0 radical (unpaired) electrons. The zero-order valence-electron chi connectivity index (χ0n) is 17.8. The van der Waals surface area contributed by atoms with Gasteiger partial charge in [-0.2, -0.15) is 0 Å². The van der Waals surface area contributed by atoms with Gasteiger partial charge in [-0.15, -0.1) is 11.8 Å². The molecule has 1 fully saturated rings. The topological polar surface area (TPSA) is 49.9 Å². The standard InChI is InChI=1S/C25H20F2N2O3S/c1-32-20-8-9-22-21(14-20)25(24(31)28(22)15-16-4-2-6-18(26)12-16)29(10-11-33-25)23(30)17-5-3-7-19(27)13-17/h2-9,12-14H,10-11,15H2,1H3. The predicted octanol–water partition coefficient (Wildman–Crippen LogP) is 4.56. The highest BCUT2D eigenvalue weighted by Crippen LogP contribution is 2.55. The maximum Gasteiger partial charge on any atom is 0.268 e. The van der Waals surface area contributed by atoms with E-state index in [2.05, 4.69) is 0 Å². The van der Waals surface area contributed by atoms with Crippen LogP contribution in [0.1, 0.15) is 21.5 Å². The molecule has 0 aliphatic carbocycles. The first-order valence-corrected chi connectivity index (χ1v) is 11.4. The third-order valence-corrected chi connectivity index (χ3v) is 7.37. The van der Waals surface area contributed by atoms with Crippen molar-refractivity contribution < 1.29 is 23.1 Å². The molecule has 0 saturated carbocycles. The molecule has 0 aromatic heterocycles. The maximum atomic E-state index is 14.0. The molecule has 5 nitrogen and oxygen atoms in total. The van der Waals surface area contributed by atoms with Crippen LogP contribution in [0.15, 0.2) is 66.7 Å². The monoisotopic (exact) mass is 466 g/mol. The second-order valence-corrected chi connectivity index (χ2v) is 9.15. The van der Waals surface area contributed by atoms with Crippen molar-refractivity contribution in [2.45, 2.75) is 11.4 Å². The van der Waals surface area contributed by atoms with E-state index < -0.39 is 16.6 Å². The van der Waals surface area contributed by atoms with E-state index in [0.29, 0.717) is 34.9 Å². The van der Waals surface area contributed by atoms with Gasteiger partial charge in [0.2, 0.25) is 0 Å². The number of fused-ring (bicyclic) bond motifs is 2. The molecule has 2 aliphatic rings. The summed E-state index contributed by atoms with van der Waals surface area (Å²) in [6, 6.07) is 16.8. The van der Waals surface area contributed by atoms with Crippen molar-refractivity contribution >= 4 is 29.3 Å². The zero-order chi connectivity index (χ0) is 23.2. The zero-order valence-corrected chi connectivity index (χ0v) is 18.6. The molecule has 1 saturated heterocycles. The van der Waals surface area contributed by atoms with E-state index in [4.69, 9.17) is 4.74 Å². The van der Waals surface area contributed by atoms with E-state index in [1.54, 1.807) is 41.3 Å². The molecule has 33 heavy (non-hydrogen) atoms. The van der Waals surface area contributed by atoms with Crippen LogP contribution >= 0.6 is 11.8 Å². The summed E-state index contributed by atoms with van der Waals surface area (Å²) in [5.41, 5.74) is 2.08. The van der Waals surface area contributed by atoms with Crippen molar-refractivity contribution in [1.29, 1.82) is 0 Å². The summed E-state index contributed by atoms with van der Waals surface area (Å²) in [6.45, 7) is 0.483. The molecule has 1 unspecified atom stereocenters. The molecular weight excluding hydrogens is 446 g/mol. The second kappa shape index (κ2) is 8.19. The lowest BCUT2D eigenvalue weighted by Gasteiger charge is -2.33. The minimum absolute atomic E-state index is 0.153. The van der Waals surface area contributed by atoms with E-state index in [9.17, 15) is 18.4 Å². The Morgan fingerprint density at radius 2 is 1.82 bits per heavy atom. The smallest absolute Gasteiger partial charge is 0.268 e. The van der Waals surface area contributed by atoms with Crippen LogP contribution in [-0.4, -0.2) is 36.1 Å². The van der Waals surface area contributed by atoms with Crippen molar-refractivity contribution in [3.05, 3.63) is 95.1 Å². The fourth-order valence-corrected chi connectivity index (χ4v) is 5.93.